The lowest BCUT2D eigenvalue weighted by molar-refractivity contribution is -0.181. The first-order valence-electron chi connectivity index (χ1n) is 7.45. The van der Waals surface area contributed by atoms with Crippen LogP contribution in [-0.2, 0) is 16.1 Å². The van der Waals surface area contributed by atoms with Crippen LogP contribution in [0.1, 0.15) is 37.7 Å². The first-order valence-corrected chi connectivity index (χ1v) is 8.71. The normalized spacial score (nSPS) is 23.6. The minimum absolute atomic E-state index is 0.0287. The molecule has 1 saturated heterocycles. The van der Waals surface area contributed by atoms with Gasteiger partial charge in [0.25, 0.3) is 0 Å². The summed E-state index contributed by atoms with van der Waals surface area (Å²) in [6, 6.07) is 2.13. The molecule has 1 aromatic rings. The van der Waals surface area contributed by atoms with Gasteiger partial charge in [-0.1, -0.05) is 18.2 Å². The molecular formula is C16H20ClNO2S. The second-order valence-corrected chi connectivity index (χ2v) is 7.33. The van der Waals surface area contributed by atoms with Crippen molar-refractivity contribution in [3.63, 3.8) is 0 Å². The smallest absolute Gasteiger partial charge is 0.246 e. The van der Waals surface area contributed by atoms with Crippen molar-refractivity contribution in [3.8, 4) is 0 Å². The summed E-state index contributed by atoms with van der Waals surface area (Å²) in [5.74, 6) is -0.0287. The number of amides is 1. The van der Waals surface area contributed by atoms with E-state index in [1.54, 1.807) is 0 Å². The molecule has 5 heteroatoms. The lowest BCUT2D eigenvalue weighted by Crippen LogP contribution is -2.61. The van der Waals surface area contributed by atoms with E-state index in [4.69, 9.17) is 16.3 Å². The zero-order valence-electron chi connectivity index (χ0n) is 12.0. The molecule has 1 saturated carbocycles. The zero-order valence-corrected chi connectivity index (χ0v) is 13.6. The van der Waals surface area contributed by atoms with Gasteiger partial charge in [0.05, 0.1) is 16.0 Å². The van der Waals surface area contributed by atoms with Gasteiger partial charge in [0.1, 0.15) is 0 Å². The molecule has 1 unspecified atom stereocenters. The van der Waals surface area contributed by atoms with E-state index < -0.39 is 0 Å². The number of hydrogen-bond donors (Lipinski definition) is 0. The van der Waals surface area contributed by atoms with E-state index in [1.807, 2.05) is 16.3 Å². The van der Waals surface area contributed by atoms with Crippen molar-refractivity contribution in [2.75, 3.05) is 6.61 Å². The van der Waals surface area contributed by atoms with Crippen molar-refractivity contribution in [3.05, 3.63) is 34.0 Å². The third-order valence-electron chi connectivity index (χ3n) is 4.69. The summed E-state index contributed by atoms with van der Waals surface area (Å²) < 4.78 is 6.84. The van der Waals surface area contributed by atoms with Gasteiger partial charge in [0.15, 0.2) is 0 Å². The molecule has 1 aliphatic heterocycles. The quantitative estimate of drug-likeness (QED) is 0.783. The van der Waals surface area contributed by atoms with Gasteiger partial charge in [0.2, 0.25) is 5.91 Å². The monoisotopic (exact) mass is 325 g/mol. The number of ether oxygens (including phenoxy) is 1. The highest BCUT2D eigenvalue weighted by atomic mass is 35.5. The Hall–Kier alpha value is -0.840. The number of thiophene rings is 1. The van der Waals surface area contributed by atoms with Gasteiger partial charge in [-0.25, -0.2) is 0 Å². The van der Waals surface area contributed by atoms with E-state index in [1.165, 1.54) is 23.8 Å². The summed E-state index contributed by atoms with van der Waals surface area (Å²) in [5, 5.41) is 1.96. The number of carbonyl (C=O) groups is 1. The van der Waals surface area contributed by atoms with Gasteiger partial charge >= 0.3 is 0 Å². The average molecular weight is 326 g/mol. The summed E-state index contributed by atoms with van der Waals surface area (Å²) in [7, 11) is 0. The Morgan fingerprint density at radius 2 is 2.38 bits per heavy atom. The Labute approximate surface area is 134 Å². The van der Waals surface area contributed by atoms with Crippen LogP contribution < -0.4 is 0 Å². The molecule has 1 spiro atoms. The van der Waals surface area contributed by atoms with Crippen molar-refractivity contribution >= 4 is 28.8 Å². The Bertz CT molecular complexity index is 538. The van der Waals surface area contributed by atoms with E-state index in [0.717, 1.165) is 42.2 Å². The lowest BCUT2D eigenvalue weighted by atomic mass is 9.71. The number of hydrogen-bond acceptors (Lipinski definition) is 3. The van der Waals surface area contributed by atoms with Gasteiger partial charge in [-0.15, -0.1) is 11.3 Å². The fraction of sp³-hybridized carbons (Fsp3) is 0.562. The summed E-state index contributed by atoms with van der Waals surface area (Å²) in [4.78, 5) is 14.3. The second-order valence-electron chi connectivity index (χ2n) is 5.81. The van der Waals surface area contributed by atoms with Crippen molar-refractivity contribution in [2.45, 2.75) is 50.3 Å². The van der Waals surface area contributed by atoms with Crippen molar-refractivity contribution in [2.24, 2.45) is 0 Å². The Balaban J connectivity index is 1.86. The average Bonchev–Trinajstić information content (AvgIpc) is 2.87. The van der Waals surface area contributed by atoms with Gasteiger partial charge in [-0.2, -0.15) is 0 Å². The fourth-order valence-electron chi connectivity index (χ4n) is 3.43. The van der Waals surface area contributed by atoms with E-state index in [-0.39, 0.29) is 17.6 Å². The van der Waals surface area contributed by atoms with Crippen LogP contribution in [0.25, 0.3) is 0 Å². The summed E-state index contributed by atoms with van der Waals surface area (Å²) in [5.41, 5.74) is 0.885. The summed E-state index contributed by atoms with van der Waals surface area (Å²) in [6.45, 7) is 5.01. The van der Waals surface area contributed by atoms with Gasteiger partial charge in [0, 0.05) is 18.7 Å². The molecule has 3 nitrogen and oxygen atoms in total. The molecular weight excluding hydrogens is 306 g/mol. The minimum atomic E-state index is -0.126. The maximum Gasteiger partial charge on any atom is 0.246 e. The molecule has 1 aliphatic carbocycles. The van der Waals surface area contributed by atoms with Crippen LogP contribution in [0, 0.1) is 0 Å². The molecule has 2 fully saturated rings. The minimum Gasteiger partial charge on any atom is -0.373 e. The van der Waals surface area contributed by atoms with Crippen LogP contribution in [0.15, 0.2) is 24.1 Å². The maximum atomic E-state index is 12.4. The maximum absolute atomic E-state index is 12.4. The molecule has 2 aliphatic rings. The molecule has 21 heavy (non-hydrogen) atoms. The zero-order chi connectivity index (χ0) is 14.9. The van der Waals surface area contributed by atoms with E-state index in [9.17, 15) is 4.79 Å². The molecule has 0 aromatic carbocycles. The standard InChI is InChI=1S/C16H20ClNO2S/c1-2-14(19)18(11-12-6-10-21-15(12)17)13-5-3-9-20-16(13)7-4-8-16/h2,6,10,13H,1,3-5,7-9,11H2. The lowest BCUT2D eigenvalue weighted by Gasteiger charge is -2.53. The first-order chi connectivity index (χ1) is 10.2. The molecule has 2 heterocycles. The van der Waals surface area contributed by atoms with E-state index in [0.29, 0.717) is 6.54 Å². The number of nitrogens with zero attached hydrogens (tertiary/aromatic N) is 1. The molecule has 1 aromatic heterocycles. The van der Waals surface area contributed by atoms with E-state index in [2.05, 4.69) is 6.58 Å². The Morgan fingerprint density at radius 3 is 2.95 bits per heavy atom. The van der Waals surface area contributed by atoms with E-state index >= 15 is 0 Å². The number of halogens is 1. The molecule has 114 valence electrons. The molecule has 1 atom stereocenters. The van der Waals surface area contributed by atoms with Crippen LogP contribution in [0.5, 0.6) is 0 Å². The van der Waals surface area contributed by atoms with Gasteiger partial charge in [-0.3, -0.25) is 4.79 Å². The summed E-state index contributed by atoms with van der Waals surface area (Å²) in [6.07, 6.45) is 6.70. The number of rotatable bonds is 4. The SMILES string of the molecule is C=CC(=O)N(Cc1ccsc1Cl)C1CCCOC12CCC2. The third-order valence-corrected chi connectivity index (χ3v) is 5.94. The highest BCUT2D eigenvalue weighted by molar-refractivity contribution is 7.14. The molecule has 1 amide bonds. The largest absolute Gasteiger partial charge is 0.373 e. The molecule has 0 N–H and O–H groups in total. The van der Waals surface area contributed by atoms with Crippen LogP contribution >= 0.6 is 22.9 Å². The predicted octanol–water partition coefficient (Wildman–Crippen LogP) is 4.02. The van der Waals surface area contributed by atoms with Gasteiger partial charge in [-0.05, 0) is 49.6 Å². The Morgan fingerprint density at radius 1 is 1.57 bits per heavy atom. The van der Waals surface area contributed by atoms with Crippen LogP contribution in [0.2, 0.25) is 4.34 Å². The predicted molar refractivity (Wildman–Crippen MR) is 85.6 cm³/mol. The van der Waals surface area contributed by atoms with Crippen molar-refractivity contribution in [1.82, 2.24) is 4.90 Å². The fourth-order valence-corrected chi connectivity index (χ4v) is 4.34. The Kier molecular flexibility index (Phi) is 4.38. The van der Waals surface area contributed by atoms with Crippen LogP contribution in [-0.4, -0.2) is 29.1 Å². The highest BCUT2D eigenvalue weighted by Crippen LogP contribution is 2.45. The topological polar surface area (TPSA) is 29.5 Å². The first kappa shape index (κ1) is 15.1. The third kappa shape index (κ3) is 2.77. The molecule has 0 radical (unpaired) electrons. The summed E-state index contributed by atoms with van der Waals surface area (Å²) >= 11 is 7.72. The highest BCUT2D eigenvalue weighted by Gasteiger charge is 2.50. The second kappa shape index (κ2) is 6.11. The van der Waals surface area contributed by atoms with Crippen molar-refractivity contribution < 1.29 is 9.53 Å². The molecule has 0 bridgehead atoms. The molecule has 3 rings (SSSR count). The number of carbonyl (C=O) groups excluding carboxylic acids is 1. The van der Waals surface area contributed by atoms with Crippen molar-refractivity contribution in [1.29, 1.82) is 0 Å². The van der Waals surface area contributed by atoms with Crippen LogP contribution in [0.4, 0.5) is 0 Å². The van der Waals surface area contributed by atoms with Crippen LogP contribution in [0.3, 0.4) is 0 Å². The van der Waals surface area contributed by atoms with Gasteiger partial charge < -0.3 is 9.64 Å².